The molecule has 1 N–H and O–H groups in total. The van der Waals surface area contributed by atoms with Crippen LogP contribution in [0.25, 0.3) is 0 Å². The third-order valence-electron chi connectivity index (χ3n) is 4.96. The topological polar surface area (TPSA) is 67.9 Å². The average molecular weight is 417 g/mol. The Balaban J connectivity index is 1.46. The number of amides is 2. The van der Waals surface area contributed by atoms with Gasteiger partial charge in [-0.2, -0.15) is 0 Å². The quantitative estimate of drug-likeness (QED) is 0.782. The Labute approximate surface area is 175 Å². The molecule has 0 bridgehead atoms. The summed E-state index contributed by atoms with van der Waals surface area (Å²) in [6.07, 6.45) is 0.804. The summed E-state index contributed by atoms with van der Waals surface area (Å²) in [5.74, 6) is 1.15. The zero-order valence-electron chi connectivity index (χ0n) is 16.6. The molecule has 1 unspecified atom stereocenters. The first-order valence-corrected chi connectivity index (χ1v) is 10.00. The number of rotatable bonds is 6. The van der Waals surface area contributed by atoms with Gasteiger partial charge in [0.05, 0.1) is 7.11 Å². The van der Waals surface area contributed by atoms with Crippen LogP contribution in [-0.4, -0.2) is 49.1 Å². The number of carbonyl (C=O) groups is 2. The van der Waals surface area contributed by atoms with Crippen molar-refractivity contribution in [3.8, 4) is 11.5 Å². The smallest absolute Gasteiger partial charge is 0.260 e. The maximum Gasteiger partial charge on any atom is 0.260 e. The number of nitrogens with one attached hydrogen (secondary N) is 1. The molecule has 154 valence electrons. The molecule has 0 aliphatic carbocycles. The standard InChI is InChI=1S/C22H25ClN2O4/c1-15(29-20-9-5-17(23)6-10-20)21(26)24-18-11-13-25(14-12-18)22(27)16-3-7-19(28-2)8-4-16/h3-10,15,18H,11-14H2,1-2H3,(H,24,26). The largest absolute Gasteiger partial charge is 0.497 e. The number of hydrogen-bond donors (Lipinski definition) is 1. The van der Waals surface area contributed by atoms with E-state index >= 15 is 0 Å². The molecule has 1 heterocycles. The van der Waals surface area contributed by atoms with Gasteiger partial charge in [0, 0.05) is 29.7 Å². The van der Waals surface area contributed by atoms with Crippen molar-refractivity contribution in [2.45, 2.75) is 31.9 Å². The Morgan fingerprint density at radius 2 is 1.62 bits per heavy atom. The number of nitrogens with zero attached hydrogens (tertiary/aromatic N) is 1. The van der Waals surface area contributed by atoms with Crippen molar-refractivity contribution in [2.75, 3.05) is 20.2 Å². The first kappa shape index (κ1) is 21.0. The molecule has 1 fully saturated rings. The van der Waals surface area contributed by atoms with Crippen molar-refractivity contribution in [3.05, 3.63) is 59.1 Å². The van der Waals surface area contributed by atoms with Gasteiger partial charge in [-0.1, -0.05) is 11.6 Å². The van der Waals surface area contributed by atoms with Crippen molar-refractivity contribution in [2.24, 2.45) is 0 Å². The number of methoxy groups -OCH3 is 1. The second-order valence-electron chi connectivity index (χ2n) is 7.02. The van der Waals surface area contributed by atoms with Gasteiger partial charge in [-0.05, 0) is 68.3 Å². The van der Waals surface area contributed by atoms with Gasteiger partial charge in [0.1, 0.15) is 11.5 Å². The lowest BCUT2D eigenvalue weighted by Crippen LogP contribution is -2.49. The highest BCUT2D eigenvalue weighted by molar-refractivity contribution is 6.30. The molecule has 2 amide bonds. The predicted octanol–water partition coefficient (Wildman–Crippen LogP) is 3.54. The lowest BCUT2D eigenvalue weighted by molar-refractivity contribution is -0.128. The van der Waals surface area contributed by atoms with Gasteiger partial charge in [-0.25, -0.2) is 0 Å². The fraction of sp³-hybridized carbons (Fsp3) is 0.364. The molecule has 1 saturated heterocycles. The number of hydrogen-bond acceptors (Lipinski definition) is 4. The predicted molar refractivity (Wildman–Crippen MR) is 112 cm³/mol. The zero-order valence-corrected chi connectivity index (χ0v) is 17.3. The summed E-state index contributed by atoms with van der Waals surface area (Å²) in [7, 11) is 1.59. The van der Waals surface area contributed by atoms with Gasteiger partial charge < -0.3 is 19.7 Å². The molecular formula is C22H25ClN2O4. The van der Waals surface area contributed by atoms with Crippen LogP contribution in [-0.2, 0) is 4.79 Å². The van der Waals surface area contributed by atoms with Crippen LogP contribution in [0.2, 0.25) is 5.02 Å². The molecule has 6 nitrogen and oxygen atoms in total. The summed E-state index contributed by atoms with van der Waals surface area (Å²) in [5.41, 5.74) is 0.637. The first-order chi connectivity index (χ1) is 14.0. The summed E-state index contributed by atoms with van der Waals surface area (Å²) in [6, 6.07) is 14.0. The lowest BCUT2D eigenvalue weighted by Gasteiger charge is -2.33. The number of ether oxygens (including phenoxy) is 2. The Hall–Kier alpha value is -2.73. The minimum Gasteiger partial charge on any atom is -0.497 e. The van der Waals surface area contributed by atoms with E-state index in [4.69, 9.17) is 21.1 Å². The second kappa shape index (κ2) is 9.65. The number of halogens is 1. The van der Waals surface area contributed by atoms with E-state index in [1.54, 1.807) is 62.6 Å². The Morgan fingerprint density at radius 1 is 1.03 bits per heavy atom. The van der Waals surface area contributed by atoms with E-state index in [0.29, 0.717) is 42.3 Å². The molecule has 0 radical (unpaired) electrons. The van der Waals surface area contributed by atoms with E-state index in [9.17, 15) is 9.59 Å². The molecule has 29 heavy (non-hydrogen) atoms. The van der Waals surface area contributed by atoms with Crippen LogP contribution in [0.15, 0.2) is 48.5 Å². The highest BCUT2D eigenvalue weighted by Crippen LogP contribution is 2.19. The van der Waals surface area contributed by atoms with E-state index < -0.39 is 6.10 Å². The van der Waals surface area contributed by atoms with Crippen molar-refractivity contribution in [3.63, 3.8) is 0 Å². The average Bonchev–Trinajstić information content (AvgIpc) is 2.75. The van der Waals surface area contributed by atoms with Gasteiger partial charge in [0.25, 0.3) is 11.8 Å². The van der Waals surface area contributed by atoms with E-state index in [-0.39, 0.29) is 17.9 Å². The maximum atomic E-state index is 12.6. The third kappa shape index (κ3) is 5.64. The Bertz CT molecular complexity index is 831. The molecule has 0 aromatic heterocycles. The second-order valence-corrected chi connectivity index (χ2v) is 7.45. The minimum atomic E-state index is -0.616. The van der Waals surface area contributed by atoms with E-state index in [2.05, 4.69) is 5.32 Å². The van der Waals surface area contributed by atoms with Gasteiger partial charge in [-0.15, -0.1) is 0 Å². The van der Waals surface area contributed by atoms with E-state index in [0.717, 1.165) is 5.75 Å². The molecule has 3 rings (SSSR count). The molecule has 1 aliphatic heterocycles. The van der Waals surface area contributed by atoms with Gasteiger partial charge in [-0.3, -0.25) is 9.59 Å². The fourth-order valence-corrected chi connectivity index (χ4v) is 3.36. The van der Waals surface area contributed by atoms with Crippen molar-refractivity contribution < 1.29 is 19.1 Å². The highest BCUT2D eigenvalue weighted by Gasteiger charge is 2.26. The van der Waals surface area contributed by atoms with Gasteiger partial charge in [0.15, 0.2) is 6.10 Å². The monoisotopic (exact) mass is 416 g/mol. The van der Waals surface area contributed by atoms with Crippen molar-refractivity contribution >= 4 is 23.4 Å². The summed E-state index contributed by atoms with van der Waals surface area (Å²) < 4.78 is 10.8. The summed E-state index contributed by atoms with van der Waals surface area (Å²) >= 11 is 5.86. The lowest BCUT2D eigenvalue weighted by atomic mass is 10.0. The number of likely N-dealkylation sites (tertiary alicyclic amines) is 1. The SMILES string of the molecule is COc1ccc(C(=O)N2CCC(NC(=O)C(C)Oc3ccc(Cl)cc3)CC2)cc1. The van der Waals surface area contributed by atoms with Crippen molar-refractivity contribution in [1.82, 2.24) is 10.2 Å². The normalized spacial score (nSPS) is 15.5. The summed E-state index contributed by atoms with van der Waals surface area (Å²) in [6.45, 7) is 2.91. The van der Waals surface area contributed by atoms with Gasteiger partial charge in [0.2, 0.25) is 0 Å². The summed E-state index contributed by atoms with van der Waals surface area (Å²) in [4.78, 5) is 26.9. The van der Waals surface area contributed by atoms with Crippen LogP contribution in [0.4, 0.5) is 0 Å². The van der Waals surface area contributed by atoms with Gasteiger partial charge >= 0.3 is 0 Å². The van der Waals surface area contributed by atoms with Crippen molar-refractivity contribution in [1.29, 1.82) is 0 Å². The Kier molecular flexibility index (Phi) is 6.99. The highest BCUT2D eigenvalue weighted by atomic mass is 35.5. The molecule has 2 aromatic rings. The van der Waals surface area contributed by atoms with E-state index in [1.165, 1.54) is 0 Å². The van der Waals surface area contributed by atoms with Crippen LogP contribution >= 0.6 is 11.6 Å². The maximum absolute atomic E-state index is 12.6. The van der Waals surface area contributed by atoms with E-state index in [1.807, 2.05) is 4.90 Å². The molecule has 0 spiro atoms. The molecule has 0 saturated carbocycles. The molecule has 1 atom stereocenters. The zero-order chi connectivity index (χ0) is 20.8. The Morgan fingerprint density at radius 3 is 2.21 bits per heavy atom. The fourth-order valence-electron chi connectivity index (χ4n) is 3.23. The van der Waals surface area contributed by atoms with Crippen LogP contribution in [0.3, 0.4) is 0 Å². The van der Waals surface area contributed by atoms with Crippen LogP contribution in [0.5, 0.6) is 11.5 Å². The minimum absolute atomic E-state index is 0.00290. The first-order valence-electron chi connectivity index (χ1n) is 9.62. The molecule has 2 aromatic carbocycles. The molecule has 7 heteroatoms. The van der Waals surface area contributed by atoms with Crippen LogP contribution < -0.4 is 14.8 Å². The third-order valence-corrected chi connectivity index (χ3v) is 5.21. The molecular weight excluding hydrogens is 392 g/mol. The number of carbonyl (C=O) groups excluding carboxylic acids is 2. The summed E-state index contributed by atoms with van der Waals surface area (Å²) in [5, 5.41) is 3.64. The number of piperidine rings is 1. The van der Waals surface area contributed by atoms with Crippen LogP contribution in [0.1, 0.15) is 30.1 Å². The number of benzene rings is 2. The molecule has 1 aliphatic rings. The van der Waals surface area contributed by atoms with Crippen LogP contribution in [0, 0.1) is 0 Å².